The van der Waals surface area contributed by atoms with Crippen LogP contribution in [0.2, 0.25) is 0 Å². The Morgan fingerprint density at radius 3 is 2.69 bits per heavy atom. The third kappa shape index (κ3) is 3.17. The number of rotatable bonds is 4. The second-order valence-corrected chi connectivity index (χ2v) is 7.90. The minimum Gasteiger partial charge on any atom is -0.354 e. The van der Waals surface area contributed by atoms with Gasteiger partial charge in [0.1, 0.15) is 0 Å². The van der Waals surface area contributed by atoms with Crippen LogP contribution in [0.1, 0.15) is 21.7 Å². The average molecular weight is 394 g/mol. The molecule has 0 atom stereocenters. The van der Waals surface area contributed by atoms with E-state index < -0.39 is 0 Å². The molecular formula is C21H26N6O2. The molecule has 0 bridgehead atoms. The van der Waals surface area contributed by atoms with Crippen molar-refractivity contribution < 1.29 is 9.32 Å². The highest BCUT2D eigenvalue weighted by Crippen LogP contribution is 2.26. The summed E-state index contributed by atoms with van der Waals surface area (Å²) < 4.78 is 7.27. The third-order valence-corrected chi connectivity index (χ3v) is 6.24. The van der Waals surface area contributed by atoms with E-state index in [0.29, 0.717) is 0 Å². The molecule has 3 aromatic rings. The zero-order valence-electron chi connectivity index (χ0n) is 17.0. The fourth-order valence-corrected chi connectivity index (χ4v) is 4.39. The van der Waals surface area contributed by atoms with E-state index in [-0.39, 0.29) is 5.91 Å². The fraction of sp³-hybridized carbons (Fsp3) is 0.476. The summed E-state index contributed by atoms with van der Waals surface area (Å²) in [4.78, 5) is 19.6. The van der Waals surface area contributed by atoms with Gasteiger partial charge in [-0.1, -0.05) is 17.3 Å². The van der Waals surface area contributed by atoms with Crippen molar-refractivity contribution in [1.29, 1.82) is 0 Å². The third-order valence-electron chi connectivity index (χ3n) is 6.24. The summed E-state index contributed by atoms with van der Waals surface area (Å²) in [6, 6.07) is 7.99. The van der Waals surface area contributed by atoms with E-state index in [0.717, 1.165) is 86.0 Å². The number of anilines is 1. The van der Waals surface area contributed by atoms with Gasteiger partial charge < -0.3 is 14.3 Å². The summed E-state index contributed by atoms with van der Waals surface area (Å²) in [6.45, 7) is 8.13. The number of benzene rings is 1. The monoisotopic (exact) mass is 394 g/mol. The number of hydrogen-bond acceptors (Lipinski definition) is 6. The number of piperazine rings is 1. The lowest BCUT2D eigenvalue weighted by atomic mass is 10.0. The predicted molar refractivity (Wildman–Crippen MR) is 110 cm³/mol. The number of para-hydroxylation sites is 1. The van der Waals surface area contributed by atoms with Gasteiger partial charge in [0.2, 0.25) is 0 Å². The highest BCUT2D eigenvalue weighted by atomic mass is 16.5. The summed E-state index contributed by atoms with van der Waals surface area (Å²) in [7, 11) is 1.91. The van der Waals surface area contributed by atoms with Crippen molar-refractivity contribution in [3.63, 3.8) is 0 Å². The van der Waals surface area contributed by atoms with E-state index in [4.69, 9.17) is 4.52 Å². The molecule has 0 N–H and O–H groups in total. The first kappa shape index (κ1) is 18.2. The lowest BCUT2D eigenvalue weighted by molar-refractivity contribution is 0.0716. The van der Waals surface area contributed by atoms with E-state index in [1.54, 1.807) is 0 Å². The zero-order chi connectivity index (χ0) is 20.0. The second kappa shape index (κ2) is 7.18. The molecule has 0 aliphatic carbocycles. The molecule has 0 spiro atoms. The number of aryl methyl sites for hydroxylation is 1. The minimum absolute atomic E-state index is 0.129. The first-order chi connectivity index (χ1) is 14.1. The Morgan fingerprint density at radius 1 is 1.07 bits per heavy atom. The number of hydrogen-bond donors (Lipinski definition) is 0. The molecule has 1 aromatic carbocycles. The maximum atomic E-state index is 12.9. The number of fused-ring (bicyclic) bond motifs is 2. The van der Waals surface area contributed by atoms with Crippen molar-refractivity contribution in [1.82, 2.24) is 24.7 Å². The van der Waals surface area contributed by atoms with Crippen LogP contribution in [-0.4, -0.2) is 76.5 Å². The van der Waals surface area contributed by atoms with Crippen molar-refractivity contribution in [3.8, 4) is 0 Å². The lowest BCUT2D eigenvalue weighted by Crippen LogP contribution is -2.50. The van der Waals surface area contributed by atoms with E-state index in [1.165, 1.54) is 0 Å². The lowest BCUT2D eigenvalue weighted by Gasteiger charge is -2.36. The Bertz CT molecular complexity index is 1050. The van der Waals surface area contributed by atoms with Gasteiger partial charge in [0, 0.05) is 65.0 Å². The molecule has 1 amide bonds. The maximum absolute atomic E-state index is 12.9. The van der Waals surface area contributed by atoms with Crippen LogP contribution in [0.4, 0.5) is 5.82 Å². The van der Waals surface area contributed by atoms with Gasteiger partial charge in [0.25, 0.3) is 5.91 Å². The molecule has 8 heteroatoms. The molecule has 4 heterocycles. The number of carbonyl (C=O) groups is 1. The van der Waals surface area contributed by atoms with Gasteiger partial charge in [-0.15, -0.1) is 0 Å². The van der Waals surface area contributed by atoms with Crippen molar-refractivity contribution in [2.75, 3.05) is 50.7 Å². The highest BCUT2D eigenvalue weighted by molar-refractivity contribution is 5.97. The quantitative estimate of drug-likeness (QED) is 0.671. The average Bonchev–Trinajstić information content (AvgIpc) is 3.29. The van der Waals surface area contributed by atoms with Crippen molar-refractivity contribution in [3.05, 3.63) is 41.2 Å². The van der Waals surface area contributed by atoms with Crippen LogP contribution in [-0.2, 0) is 13.5 Å². The van der Waals surface area contributed by atoms with Crippen LogP contribution in [0.15, 0.2) is 28.8 Å². The van der Waals surface area contributed by atoms with E-state index in [9.17, 15) is 4.79 Å². The van der Waals surface area contributed by atoms with E-state index >= 15 is 0 Å². The number of aromatic nitrogens is 3. The van der Waals surface area contributed by atoms with Crippen molar-refractivity contribution >= 4 is 22.7 Å². The summed E-state index contributed by atoms with van der Waals surface area (Å²) in [5, 5.41) is 9.83. The van der Waals surface area contributed by atoms with Crippen LogP contribution in [0.25, 0.3) is 11.0 Å². The maximum Gasteiger partial charge on any atom is 0.257 e. The van der Waals surface area contributed by atoms with Crippen LogP contribution < -0.4 is 4.90 Å². The van der Waals surface area contributed by atoms with Gasteiger partial charge in [0.05, 0.1) is 16.6 Å². The number of carbonyl (C=O) groups excluding carboxylic acids is 1. The van der Waals surface area contributed by atoms with Gasteiger partial charge in [-0.2, -0.15) is 5.10 Å². The molecule has 5 rings (SSSR count). The molecule has 29 heavy (non-hydrogen) atoms. The molecule has 2 aliphatic heterocycles. The van der Waals surface area contributed by atoms with Gasteiger partial charge in [0.15, 0.2) is 11.4 Å². The van der Waals surface area contributed by atoms with Gasteiger partial charge in [-0.25, -0.2) is 0 Å². The first-order valence-electron chi connectivity index (χ1n) is 10.3. The summed E-state index contributed by atoms with van der Waals surface area (Å²) >= 11 is 0. The van der Waals surface area contributed by atoms with Gasteiger partial charge >= 0.3 is 0 Å². The van der Waals surface area contributed by atoms with Crippen LogP contribution in [0.5, 0.6) is 0 Å². The first-order valence-corrected chi connectivity index (χ1v) is 10.3. The Balaban J connectivity index is 1.18. The summed E-state index contributed by atoms with van der Waals surface area (Å²) in [6.07, 6.45) is 0.843. The molecular weight excluding hydrogens is 368 g/mol. The molecule has 2 aromatic heterocycles. The predicted octanol–water partition coefficient (Wildman–Crippen LogP) is 1.69. The zero-order valence-corrected chi connectivity index (χ0v) is 17.0. The molecule has 1 fully saturated rings. The molecule has 0 unspecified atom stereocenters. The van der Waals surface area contributed by atoms with Crippen molar-refractivity contribution in [2.24, 2.45) is 7.05 Å². The van der Waals surface area contributed by atoms with Crippen LogP contribution >= 0.6 is 0 Å². The minimum atomic E-state index is 0.129. The SMILES string of the molecule is Cc1c2c(nn1C)CCN(CCN1CCN(c3noc4ccccc34)CC1)C2=O. The molecule has 2 aliphatic rings. The highest BCUT2D eigenvalue weighted by Gasteiger charge is 2.30. The largest absolute Gasteiger partial charge is 0.354 e. The van der Waals surface area contributed by atoms with Crippen LogP contribution in [0.3, 0.4) is 0 Å². The van der Waals surface area contributed by atoms with Crippen molar-refractivity contribution in [2.45, 2.75) is 13.3 Å². The smallest absolute Gasteiger partial charge is 0.257 e. The molecule has 1 saturated heterocycles. The van der Waals surface area contributed by atoms with Crippen LogP contribution in [0, 0.1) is 6.92 Å². The topological polar surface area (TPSA) is 70.6 Å². The van der Waals surface area contributed by atoms with E-state index in [1.807, 2.05) is 41.8 Å². The Hall–Kier alpha value is -2.87. The number of amides is 1. The summed E-state index contributed by atoms with van der Waals surface area (Å²) in [5.74, 6) is 1.07. The fourth-order valence-electron chi connectivity index (χ4n) is 4.39. The molecule has 152 valence electrons. The molecule has 8 nitrogen and oxygen atoms in total. The Morgan fingerprint density at radius 2 is 1.86 bits per heavy atom. The normalized spacial score (nSPS) is 17.9. The van der Waals surface area contributed by atoms with E-state index in [2.05, 4.69) is 26.1 Å². The standard InChI is InChI=1S/C21H26N6O2/c1-15-19-17(22-24(15)2)7-8-27(21(19)28)14-11-25-9-12-26(13-10-25)20-16-5-3-4-6-18(16)29-23-20/h3-6H,7-14H2,1-2H3. The number of nitrogens with zero attached hydrogens (tertiary/aromatic N) is 6. The second-order valence-electron chi connectivity index (χ2n) is 7.90. The molecule has 0 saturated carbocycles. The Labute approximate surface area is 169 Å². The van der Waals surface area contributed by atoms with Gasteiger partial charge in [-0.05, 0) is 19.1 Å². The molecule has 0 radical (unpaired) electrons. The van der Waals surface area contributed by atoms with Gasteiger partial charge in [-0.3, -0.25) is 14.4 Å². The Kier molecular flexibility index (Phi) is 4.50. The summed E-state index contributed by atoms with van der Waals surface area (Å²) in [5.41, 5.74) is 3.54.